The van der Waals surface area contributed by atoms with Gasteiger partial charge in [-0.1, -0.05) is 156 Å². The van der Waals surface area contributed by atoms with Gasteiger partial charge in [0.2, 0.25) is 12.0 Å². The van der Waals surface area contributed by atoms with Crippen LogP contribution in [0.25, 0.3) is 0 Å². The molecule has 0 amide bonds. The quantitative estimate of drug-likeness (QED) is 0.0457. The fraction of sp³-hybridized carbons (Fsp3) is 0.296. The summed E-state index contributed by atoms with van der Waals surface area (Å²) in [4.78, 5) is 6.45. The van der Waals surface area contributed by atoms with E-state index in [4.69, 9.17) is 22.1 Å². The summed E-state index contributed by atoms with van der Waals surface area (Å²) in [5.41, 5.74) is 0. The maximum Gasteiger partial charge on any atom is 1.00 e. The van der Waals surface area contributed by atoms with Gasteiger partial charge < -0.3 is 15.5 Å². The maximum atomic E-state index is 13.6. The van der Waals surface area contributed by atoms with E-state index in [0.29, 0.717) is 5.75 Å². The van der Waals surface area contributed by atoms with Crippen molar-refractivity contribution in [3.05, 3.63) is 182 Å². The van der Waals surface area contributed by atoms with Gasteiger partial charge in [-0.3, -0.25) is 0 Å². The van der Waals surface area contributed by atoms with Crippen LogP contribution in [0.1, 0.15) is 84.5 Å². The Hall–Kier alpha value is -4.53. The first kappa shape index (κ1) is 75.0. The fourth-order valence-electron chi connectivity index (χ4n) is 5.01. The number of rotatable bonds is 14. The third-order valence-electron chi connectivity index (χ3n) is 7.70. The van der Waals surface area contributed by atoms with Crippen LogP contribution in [0.5, 0.6) is 11.5 Å². The van der Waals surface area contributed by atoms with E-state index in [-0.39, 0.29) is 47.6 Å². The first-order valence-electron chi connectivity index (χ1n) is 23.2. The first-order valence-corrected chi connectivity index (χ1v) is 28.0. The number of benzene rings is 6. The molecule has 1 atom stereocenters. The summed E-state index contributed by atoms with van der Waals surface area (Å²) in [7, 11) is -9.97. The minimum absolute atomic E-state index is 0. The molecular weight excluding hydrogens is 1040 g/mol. The van der Waals surface area contributed by atoms with Crippen molar-refractivity contribution in [1.29, 1.82) is 0 Å². The third kappa shape index (κ3) is 28.6. The first-order chi connectivity index (χ1) is 34.6. The Labute approximate surface area is 462 Å². The number of ether oxygens (including phenoxy) is 2. The zero-order chi connectivity index (χ0) is 55.7. The van der Waals surface area contributed by atoms with E-state index in [1.54, 1.807) is 24.3 Å². The summed E-state index contributed by atoms with van der Waals surface area (Å²) < 4.78 is 144. The molecule has 0 spiro atoms. The van der Waals surface area contributed by atoms with Gasteiger partial charge in [-0.05, 0) is 97.1 Å². The van der Waals surface area contributed by atoms with E-state index < -0.39 is 68.2 Å². The molecule has 6 aromatic rings. The molecule has 6 rings (SSSR count). The standard InChI is InChI=1S/C21H17F3O4S2.C21H16F3OS.6C2H6.Na.O3S.H/c22-20(21(23,24)30(25,26)27)15-28-16-11-13-19(14-12-16)29(17-7-3-1-4-8-17)18-9-5-2-6-10-18;22-20(21(23)24)15-25-16-11-13-19(14-12-16)26(17-7-3-1-4-8-17)18-9-5-2-6-10-18;6*1-2;;1-4(2)3;/h1-14,20H,15H2;1-14H,15H2;6*1-2H3;;;/q;+1;;;;;;;+1;;-1. The second kappa shape index (κ2) is 44.9. The van der Waals surface area contributed by atoms with Crippen molar-refractivity contribution < 1.29 is 92.4 Å². The second-order valence-electron chi connectivity index (χ2n) is 11.8. The Morgan fingerprint density at radius 2 is 0.740 bits per heavy atom. The van der Waals surface area contributed by atoms with Gasteiger partial charge in [0.15, 0.2) is 39.5 Å². The van der Waals surface area contributed by atoms with E-state index in [0.717, 1.165) is 19.6 Å². The molecule has 19 heteroatoms. The molecule has 73 heavy (non-hydrogen) atoms. The molecule has 0 bridgehead atoms. The van der Waals surface area contributed by atoms with Crippen LogP contribution in [-0.4, -0.2) is 50.2 Å². The fourth-order valence-corrected chi connectivity index (χ4v) is 9.56. The van der Waals surface area contributed by atoms with E-state index >= 15 is 0 Å². The van der Waals surface area contributed by atoms with Crippen LogP contribution in [0.3, 0.4) is 0 Å². The van der Waals surface area contributed by atoms with Crippen molar-refractivity contribution >= 4 is 42.5 Å². The molecular formula is C54H70F6NaO8S4+. The van der Waals surface area contributed by atoms with Crippen LogP contribution in [-0.2, 0) is 42.5 Å². The molecule has 0 saturated heterocycles. The molecule has 400 valence electrons. The van der Waals surface area contributed by atoms with Crippen LogP contribution < -0.4 is 39.0 Å². The van der Waals surface area contributed by atoms with E-state index in [9.17, 15) is 39.3 Å². The van der Waals surface area contributed by atoms with E-state index in [1.165, 1.54) is 21.9 Å². The molecule has 0 heterocycles. The van der Waals surface area contributed by atoms with Crippen molar-refractivity contribution in [1.82, 2.24) is 0 Å². The summed E-state index contributed by atoms with van der Waals surface area (Å²) in [5, 5.41) is -5.06. The van der Waals surface area contributed by atoms with Gasteiger partial charge in [0.1, 0.15) is 24.7 Å². The van der Waals surface area contributed by atoms with Crippen LogP contribution in [0.2, 0.25) is 0 Å². The molecule has 0 N–H and O–H groups in total. The largest absolute Gasteiger partial charge is 1.00 e. The van der Waals surface area contributed by atoms with E-state index in [1.807, 2.05) is 192 Å². The minimum atomic E-state index is -6.12. The number of alkyl halides is 3. The van der Waals surface area contributed by atoms with E-state index in [2.05, 4.69) is 24.3 Å². The monoisotopic (exact) mass is 1110 g/mol. The Morgan fingerprint density at radius 3 is 0.973 bits per heavy atom. The van der Waals surface area contributed by atoms with Gasteiger partial charge in [0.05, 0.1) is 21.8 Å². The molecule has 0 saturated carbocycles. The molecule has 0 radical (unpaired) electrons. The normalized spacial score (nSPS) is 10.0. The van der Waals surface area contributed by atoms with Gasteiger partial charge >= 0.3 is 51.5 Å². The average molecular weight is 1110 g/mol. The SMILES string of the molecule is CC.CC.CC.CC.CC.CC.FC(F)=C(F)COc1ccc([S+](c2ccccc2)c2ccccc2)cc1.O=S(=O)([O-])C(F)(F)C(F)COc1ccc([S+](c2ccccc2)c2ccccc2)cc1.O=S(=O)=O.[H-].[Na+]. The van der Waals surface area contributed by atoms with Crippen LogP contribution in [0, 0.1) is 0 Å². The molecule has 0 fully saturated rings. The summed E-state index contributed by atoms with van der Waals surface area (Å²) >= 11 is 0. The Balaban J connectivity index is -0.000000330. The van der Waals surface area contributed by atoms with Gasteiger partial charge in [0, 0.05) is 0 Å². The van der Waals surface area contributed by atoms with Crippen molar-refractivity contribution in [2.75, 3.05) is 13.2 Å². The summed E-state index contributed by atoms with van der Waals surface area (Å²) in [6.07, 6.45) is -5.63. The molecule has 0 aliphatic heterocycles. The Kier molecular flexibility index (Phi) is 46.1. The predicted octanol–water partition coefficient (Wildman–Crippen LogP) is 13.1. The number of hydrogen-bond acceptors (Lipinski definition) is 8. The maximum absolute atomic E-state index is 13.6. The minimum Gasteiger partial charge on any atom is -1.00 e. The van der Waals surface area contributed by atoms with Gasteiger partial charge in [-0.2, -0.15) is 17.6 Å². The molecule has 1 unspecified atom stereocenters. The second-order valence-corrected chi connectivity index (χ2v) is 17.7. The summed E-state index contributed by atoms with van der Waals surface area (Å²) in [6, 6.07) is 53.3. The third-order valence-corrected chi connectivity index (χ3v) is 13.1. The molecule has 0 aliphatic rings. The molecule has 0 aliphatic carbocycles. The van der Waals surface area contributed by atoms with Crippen molar-refractivity contribution in [3.63, 3.8) is 0 Å². The molecule has 8 nitrogen and oxygen atoms in total. The Morgan fingerprint density at radius 1 is 0.507 bits per heavy atom. The Bertz CT molecular complexity index is 2420. The van der Waals surface area contributed by atoms with Crippen LogP contribution in [0.4, 0.5) is 26.3 Å². The summed E-state index contributed by atoms with van der Waals surface area (Å²) in [6.45, 7) is 22.0. The predicted molar refractivity (Wildman–Crippen MR) is 283 cm³/mol. The molecule has 6 aromatic carbocycles. The van der Waals surface area contributed by atoms with Crippen LogP contribution >= 0.6 is 0 Å². The number of halogens is 6. The molecule has 0 aromatic heterocycles. The van der Waals surface area contributed by atoms with Crippen molar-refractivity contribution in [2.24, 2.45) is 0 Å². The van der Waals surface area contributed by atoms with Crippen molar-refractivity contribution in [2.45, 2.75) is 124 Å². The van der Waals surface area contributed by atoms with Gasteiger partial charge in [-0.15, -0.1) is 12.6 Å². The van der Waals surface area contributed by atoms with Crippen LogP contribution in [0.15, 0.2) is 211 Å². The van der Waals surface area contributed by atoms with Gasteiger partial charge in [-0.25, -0.2) is 17.2 Å². The smallest absolute Gasteiger partial charge is 1.00 e. The average Bonchev–Trinajstić information content (AvgIpc) is 3.42. The number of hydrogen-bond donors (Lipinski definition) is 0. The zero-order valence-corrected chi connectivity index (χ0v) is 49.1. The zero-order valence-electron chi connectivity index (χ0n) is 44.8. The van der Waals surface area contributed by atoms with Crippen molar-refractivity contribution in [3.8, 4) is 11.5 Å². The van der Waals surface area contributed by atoms with Gasteiger partial charge in [0.25, 0.3) is 0 Å². The summed E-state index contributed by atoms with van der Waals surface area (Å²) in [5.74, 6) is -1.14. The topological polar surface area (TPSA) is 127 Å².